The first-order valence-corrected chi connectivity index (χ1v) is 9.51. The monoisotopic (exact) mass is 369 g/mol. The van der Waals surface area contributed by atoms with Gasteiger partial charge in [-0.25, -0.2) is 14.4 Å². The predicted molar refractivity (Wildman–Crippen MR) is 103 cm³/mol. The van der Waals surface area contributed by atoms with Crippen LogP contribution in [0.2, 0.25) is 0 Å². The van der Waals surface area contributed by atoms with E-state index >= 15 is 0 Å². The minimum atomic E-state index is -0.223. The number of piperazine rings is 1. The van der Waals surface area contributed by atoms with Crippen LogP contribution >= 0.6 is 0 Å². The molecule has 0 aliphatic carbocycles. The van der Waals surface area contributed by atoms with Crippen LogP contribution in [0, 0.1) is 12.7 Å². The molecular weight excluding hydrogens is 345 g/mol. The van der Waals surface area contributed by atoms with Gasteiger partial charge in [0.2, 0.25) is 0 Å². The molecule has 1 aromatic heterocycles. The summed E-state index contributed by atoms with van der Waals surface area (Å²) in [6.45, 7) is 6.10. The third-order valence-corrected chi connectivity index (χ3v) is 5.23. The van der Waals surface area contributed by atoms with Crippen LogP contribution in [-0.2, 0) is 0 Å². The number of benzene rings is 1. The molecule has 3 heterocycles. The van der Waals surface area contributed by atoms with Crippen LogP contribution in [0.15, 0.2) is 30.3 Å². The zero-order valence-corrected chi connectivity index (χ0v) is 15.6. The summed E-state index contributed by atoms with van der Waals surface area (Å²) in [6, 6.07) is 8.58. The van der Waals surface area contributed by atoms with Gasteiger partial charge in [0.25, 0.3) is 5.91 Å². The molecule has 142 valence electrons. The second-order valence-corrected chi connectivity index (χ2v) is 7.08. The number of nitrogens with zero attached hydrogens (tertiary/aromatic N) is 5. The first-order chi connectivity index (χ1) is 13.1. The number of amides is 1. The molecule has 2 aliphatic heterocycles. The molecule has 2 saturated heterocycles. The van der Waals surface area contributed by atoms with E-state index in [1.54, 1.807) is 17.0 Å². The number of carbonyl (C=O) groups excluding carboxylic acids is 1. The van der Waals surface area contributed by atoms with E-state index in [1.165, 1.54) is 6.07 Å². The van der Waals surface area contributed by atoms with Gasteiger partial charge in [-0.15, -0.1) is 0 Å². The van der Waals surface area contributed by atoms with Crippen LogP contribution in [0.3, 0.4) is 0 Å². The number of para-hydroxylation sites is 1. The van der Waals surface area contributed by atoms with Gasteiger partial charge < -0.3 is 14.7 Å². The van der Waals surface area contributed by atoms with E-state index in [0.29, 0.717) is 43.4 Å². The van der Waals surface area contributed by atoms with Crippen LogP contribution in [0.5, 0.6) is 0 Å². The Hall–Kier alpha value is -2.70. The number of aromatic nitrogens is 2. The molecule has 0 N–H and O–H groups in total. The fraction of sp³-hybridized carbons (Fsp3) is 0.450. The van der Waals surface area contributed by atoms with Crippen LogP contribution in [0.25, 0.3) is 0 Å². The summed E-state index contributed by atoms with van der Waals surface area (Å²) in [4.78, 5) is 27.8. The number of aryl methyl sites for hydroxylation is 1. The van der Waals surface area contributed by atoms with Crippen molar-refractivity contribution in [3.63, 3.8) is 0 Å². The Kier molecular flexibility index (Phi) is 4.92. The summed E-state index contributed by atoms with van der Waals surface area (Å²) >= 11 is 0. The van der Waals surface area contributed by atoms with Gasteiger partial charge in [-0.3, -0.25) is 4.79 Å². The molecule has 0 atom stereocenters. The van der Waals surface area contributed by atoms with Gasteiger partial charge in [-0.2, -0.15) is 0 Å². The van der Waals surface area contributed by atoms with Crippen LogP contribution in [0.1, 0.15) is 29.2 Å². The summed E-state index contributed by atoms with van der Waals surface area (Å²) in [5.41, 5.74) is 1.04. The van der Waals surface area contributed by atoms with Gasteiger partial charge in [0, 0.05) is 45.3 Å². The van der Waals surface area contributed by atoms with Gasteiger partial charge in [-0.05, 0) is 31.9 Å². The van der Waals surface area contributed by atoms with Crippen molar-refractivity contribution in [2.75, 3.05) is 49.1 Å². The van der Waals surface area contributed by atoms with Gasteiger partial charge >= 0.3 is 0 Å². The third-order valence-electron chi connectivity index (χ3n) is 5.23. The lowest BCUT2D eigenvalue weighted by molar-refractivity contribution is 0.0740. The predicted octanol–water partition coefficient (Wildman–Crippen LogP) is 2.49. The van der Waals surface area contributed by atoms with Crippen molar-refractivity contribution in [1.29, 1.82) is 0 Å². The lowest BCUT2D eigenvalue weighted by Gasteiger charge is -2.36. The Morgan fingerprint density at radius 1 is 0.963 bits per heavy atom. The SMILES string of the molecule is Cc1nc(C(=O)N2CCN(c3ccccc3F)CC2)cc(N2CCCC2)n1. The molecule has 27 heavy (non-hydrogen) atoms. The minimum absolute atomic E-state index is 0.0749. The minimum Gasteiger partial charge on any atom is -0.366 e. The quantitative estimate of drug-likeness (QED) is 0.832. The van der Waals surface area contributed by atoms with Crippen molar-refractivity contribution in [2.24, 2.45) is 0 Å². The summed E-state index contributed by atoms with van der Waals surface area (Å²) < 4.78 is 14.0. The van der Waals surface area contributed by atoms with E-state index in [2.05, 4.69) is 14.9 Å². The normalized spacial score (nSPS) is 17.5. The van der Waals surface area contributed by atoms with Crippen molar-refractivity contribution >= 4 is 17.4 Å². The molecule has 4 rings (SSSR count). The maximum Gasteiger partial charge on any atom is 0.272 e. The molecule has 0 spiro atoms. The van der Waals surface area contributed by atoms with Crippen LogP contribution < -0.4 is 9.80 Å². The van der Waals surface area contributed by atoms with Crippen molar-refractivity contribution in [2.45, 2.75) is 19.8 Å². The number of carbonyl (C=O) groups is 1. The third kappa shape index (κ3) is 3.72. The average molecular weight is 369 g/mol. The van der Waals surface area contributed by atoms with Gasteiger partial charge in [0.1, 0.15) is 23.2 Å². The number of anilines is 2. The maximum atomic E-state index is 14.0. The zero-order chi connectivity index (χ0) is 18.8. The van der Waals surface area contributed by atoms with Crippen LogP contribution in [-0.4, -0.2) is 60.0 Å². The Labute approximate surface area is 158 Å². The Balaban J connectivity index is 1.46. The van der Waals surface area contributed by atoms with E-state index in [-0.39, 0.29) is 11.7 Å². The highest BCUT2D eigenvalue weighted by molar-refractivity contribution is 5.93. The number of hydrogen-bond acceptors (Lipinski definition) is 5. The Bertz CT molecular complexity index is 829. The van der Waals surface area contributed by atoms with E-state index in [9.17, 15) is 9.18 Å². The zero-order valence-electron chi connectivity index (χ0n) is 15.6. The van der Waals surface area contributed by atoms with E-state index in [4.69, 9.17) is 0 Å². The molecule has 0 radical (unpaired) electrons. The van der Waals surface area contributed by atoms with E-state index < -0.39 is 0 Å². The van der Waals surface area contributed by atoms with E-state index in [0.717, 1.165) is 31.7 Å². The summed E-state index contributed by atoms with van der Waals surface area (Å²) in [5.74, 6) is 1.16. The fourth-order valence-electron chi connectivity index (χ4n) is 3.79. The topological polar surface area (TPSA) is 52.6 Å². The molecule has 2 aliphatic rings. The number of rotatable bonds is 3. The molecule has 6 nitrogen and oxygen atoms in total. The van der Waals surface area contributed by atoms with Gasteiger partial charge in [-0.1, -0.05) is 12.1 Å². The lowest BCUT2D eigenvalue weighted by atomic mass is 10.2. The van der Waals surface area contributed by atoms with Crippen molar-refractivity contribution < 1.29 is 9.18 Å². The van der Waals surface area contributed by atoms with E-state index in [1.807, 2.05) is 24.0 Å². The summed E-state index contributed by atoms with van der Waals surface area (Å²) in [5, 5.41) is 0. The standard InChI is InChI=1S/C20H24FN5O/c1-15-22-17(14-19(23-15)25-8-4-5-9-25)20(27)26-12-10-24(11-13-26)18-7-3-2-6-16(18)21/h2-3,6-7,14H,4-5,8-13H2,1H3. The molecule has 2 aromatic rings. The average Bonchev–Trinajstić information content (AvgIpc) is 3.22. The summed E-state index contributed by atoms with van der Waals surface area (Å²) in [7, 11) is 0. The first-order valence-electron chi connectivity index (χ1n) is 9.51. The van der Waals surface area contributed by atoms with Gasteiger partial charge in [0.05, 0.1) is 5.69 Å². The van der Waals surface area contributed by atoms with Gasteiger partial charge in [0.15, 0.2) is 0 Å². The highest BCUT2D eigenvalue weighted by atomic mass is 19.1. The molecule has 1 aromatic carbocycles. The summed E-state index contributed by atoms with van der Waals surface area (Å²) in [6.07, 6.45) is 2.31. The van der Waals surface area contributed by atoms with Crippen LogP contribution in [0.4, 0.5) is 15.9 Å². The number of hydrogen-bond donors (Lipinski definition) is 0. The van der Waals surface area contributed by atoms with Crippen molar-refractivity contribution in [3.05, 3.63) is 47.7 Å². The Morgan fingerprint density at radius 3 is 2.37 bits per heavy atom. The second kappa shape index (κ2) is 7.50. The molecule has 0 unspecified atom stereocenters. The smallest absolute Gasteiger partial charge is 0.272 e. The molecule has 7 heteroatoms. The second-order valence-electron chi connectivity index (χ2n) is 7.08. The molecule has 2 fully saturated rings. The number of halogens is 1. The highest BCUT2D eigenvalue weighted by Gasteiger charge is 2.25. The lowest BCUT2D eigenvalue weighted by Crippen LogP contribution is -2.49. The van der Waals surface area contributed by atoms with Crippen molar-refractivity contribution in [3.8, 4) is 0 Å². The molecule has 1 amide bonds. The maximum absolute atomic E-state index is 14.0. The van der Waals surface area contributed by atoms with Crippen molar-refractivity contribution in [1.82, 2.24) is 14.9 Å². The molecule has 0 saturated carbocycles. The molecular formula is C20H24FN5O. The largest absolute Gasteiger partial charge is 0.366 e. The highest BCUT2D eigenvalue weighted by Crippen LogP contribution is 2.22. The Morgan fingerprint density at radius 2 is 1.67 bits per heavy atom. The first kappa shape index (κ1) is 17.7. The molecule has 0 bridgehead atoms. The fourth-order valence-corrected chi connectivity index (χ4v) is 3.79.